The minimum atomic E-state index is -0.459. The summed E-state index contributed by atoms with van der Waals surface area (Å²) in [7, 11) is 1.84. The third kappa shape index (κ3) is 3.92. The number of ether oxygens (including phenoxy) is 1. The fourth-order valence-corrected chi connectivity index (χ4v) is 4.23. The molecule has 4 nitrogen and oxygen atoms in total. The fourth-order valence-electron chi connectivity index (χ4n) is 3.21. The van der Waals surface area contributed by atoms with E-state index in [1.165, 1.54) is 11.8 Å². The van der Waals surface area contributed by atoms with E-state index in [9.17, 15) is 5.11 Å². The maximum absolute atomic E-state index is 9.52. The largest absolute Gasteiger partial charge is 0.485 e. The van der Waals surface area contributed by atoms with Crippen molar-refractivity contribution >= 4 is 32.9 Å². The van der Waals surface area contributed by atoms with Crippen molar-refractivity contribution in [3.63, 3.8) is 0 Å². The number of fused-ring (bicyclic) bond motifs is 1. The molecule has 0 radical (unpaired) electrons. The first-order valence-corrected chi connectivity index (χ1v) is 10.5. The lowest BCUT2D eigenvalue weighted by Crippen LogP contribution is -2.34. The molecule has 2 unspecified atom stereocenters. The number of aliphatic imine (C=N–C) groups is 1. The molecule has 6 heteroatoms. The van der Waals surface area contributed by atoms with E-state index in [1.54, 1.807) is 4.90 Å². The molecule has 2 aromatic rings. The van der Waals surface area contributed by atoms with E-state index in [1.807, 2.05) is 43.6 Å². The van der Waals surface area contributed by atoms with Crippen molar-refractivity contribution in [1.29, 1.82) is 0 Å². The number of hydrogen-bond acceptors (Lipinski definition) is 4. The summed E-state index contributed by atoms with van der Waals surface area (Å²) >= 11 is 5.10. The minimum Gasteiger partial charge on any atom is -0.485 e. The van der Waals surface area contributed by atoms with Crippen molar-refractivity contribution in [2.75, 3.05) is 20.0 Å². The van der Waals surface area contributed by atoms with E-state index in [-0.39, 0.29) is 12.8 Å². The normalized spacial score (nSPS) is 22.5. The van der Waals surface area contributed by atoms with Crippen LogP contribution in [0.3, 0.4) is 0 Å². The lowest BCUT2D eigenvalue weighted by atomic mass is 9.82. The number of aliphatic hydroxyl groups excluding tert-OH is 1. The number of thioether (sulfide) groups is 1. The SMILES string of the molecule is CSC(=NC1(C)CC(c2ccccc2)Oc2ccc(Br)cc21)N(C)CO. The summed E-state index contributed by atoms with van der Waals surface area (Å²) < 4.78 is 7.31. The van der Waals surface area contributed by atoms with E-state index < -0.39 is 5.54 Å². The average Bonchev–Trinajstić information content (AvgIpc) is 2.66. The minimum absolute atomic E-state index is 0.0684. The first-order valence-electron chi connectivity index (χ1n) is 8.44. The van der Waals surface area contributed by atoms with Gasteiger partial charge in [0.15, 0.2) is 5.17 Å². The standard InChI is InChI=1S/C20H23BrN2O2S/c1-20(22-19(26-3)23(2)13-24)12-18(14-7-5-4-6-8-14)25-17-10-9-15(21)11-16(17)20/h4-11,18,24H,12-13H2,1-3H3. The van der Waals surface area contributed by atoms with Crippen LogP contribution in [0.1, 0.15) is 30.6 Å². The van der Waals surface area contributed by atoms with Crippen molar-refractivity contribution < 1.29 is 9.84 Å². The first kappa shape index (κ1) is 19.3. The number of benzene rings is 2. The van der Waals surface area contributed by atoms with Gasteiger partial charge in [0.25, 0.3) is 0 Å². The van der Waals surface area contributed by atoms with Crippen LogP contribution < -0.4 is 4.74 Å². The van der Waals surface area contributed by atoms with Gasteiger partial charge >= 0.3 is 0 Å². The van der Waals surface area contributed by atoms with Gasteiger partial charge in [-0.2, -0.15) is 0 Å². The van der Waals surface area contributed by atoms with Crippen LogP contribution in [0, 0.1) is 0 Å². The van der Waals surface area contributed by atoms with Gasteiger partial charge in [-0.1, -0.05) is 58.0 Å². The zero-order valence-corrected chi connectivity index (χ0v) is 17.5. The molecule has 0 saturated carbocycles. The maximum Gasteiger partial charge on any atom is 0.161 e. The van der Waals surface area contributed by atoms with Crippen LogP contribution in [0.2, 0.25) is 0 Å². The second kappa shape index (κ2) is 8.03. The van der Waals surface area contributed by atoms with Crippen molar-refractivity contribution in [2.45, 2.75) is 25.0 Å². The number of aliphatic hydroxyl groups is 1. The van der Waals surface area contributed by atoms with Crippen LogP contribution in [-0.2, 0) is 5.54 Å². The Morgan fingerprint density at radius 1 is 1.35 bits per heavy atom. The Bertz CT molecular complexity index is 800. The van der Waals surface area contributed by atoms with Crippen LogP contribution in [0.4, 0.5) is 0 Å². The lowest BCUT2D eigenvalue weighted by Gasteiger charge is -2.38. The summed E-state index contributed by atoms with van der Waals surface area (Å²) in [5.41, 5.74) is 1.74. The number of halogens is 1. The van der Waals surface area contributed by atoms with Gasteiger partial charge in [0, 0.05) is 23.5 Å². The van der Waals surface area contributed by atoms with E-state index in [2.05, 4.69) is 41.1 Å². The van der Waals surface area contributed by atoms with Crippen molar-refractivity contribution in [3.05, 3.63) is 64.1 Å². The van der Waals surface area contributed by atoms with Gasteiger partial charge in [0.1, 0.15) is 18.6 Å². The van der Waals surface area contributed by atoms with Gasteiger partial charge in [0.2, 0.25) is 0 Å². The molecule has 1 aliphatic heterocycles. The second-order valence-corrected chi connectivity index (χ2v) is 8.26. The summed E-state index contributed by atoms with van der Waals surface area (Å²) in [5.74, 6) is 0.853. The fraction of sp³-hybridized carbons (Fsp3) is 0.350. The molecule has 1 heterocycles. The Morgan fingerprint density at radius 3 is 2.73 bits per heavy atom. The third-order valence-corrected chi connectivity index (χ3v) is 5.87. The Labute approximate surface area is 167 Å². The molecular formula is C20H23BrN2O2S. The average molecular weight is 435 g/mol. The zero-order valence-electron chi connectivity index (χ0n) is 15.1. The molecule has 3 rings (SSSR count). The summed E-state index contributed by atoms with van der Waals surface area (Å²) in [6.45, 7) is 2.07. The Hall–Kier alpha value is -1.50. The Balaban J connectivity index is 2.09. The van der Waals surface area contributed by atoms with Crippen LogP contribution in [-0.4, -0.2) is 35.2 Å². The zero-order chi connectivity index (χ0) is 18.7. The van der Waals surface area contributed by atoms with Crippen molar-refractivity contribution in [1.82, 2.24) is 4.90 Å². The topological polar surface area (TPSA) is 45.1 Å². The van der Waals surface area contributed by atoms with Crippen LogP contribution in [0.25, 0.3) is 0 Å². The molecule has 0 fully saturated rings. The van der Waals surface area contributed by atoms with Gasteiger partial charge in [-0.25, -0.2) is 0 Å². The predicted octanol–water partition coefficient (Wildman–Crippen LogP) is 4.79. The summed E-state index contributed by atoms with van der Waals surface area (Å²) in [6, 6.07) is 16.3. The van der Waals surface area contributed by atoms with E-state index in [4.69, 9.17) is 9.73 Å². The molecule has 0 spiro atoms. The second-order valence-electron chi connectivity index (χ2n) is 6.57. The number of hydrogen-bond donors (Lipinski definition) is 1. The smallest absolute Gasteiger partial charge is 0.161 e. The molecule has 2 aromatic carbocycles. The monoisotopic (exact) mass is 434 g/mol. The van der Waals surface area contributed by atoms with Gasteiger partial charge in [0.05, 0.1) is 5.54 Å². The molecular weight excluding hydrogens is 412 g/mol. The van der Waals surface area contributed by atoms with Crippen LogP contribution >= 0.6 is 27.7 Å². The van der Waals surface area contributed by atoms with Gasteiger partial charge < -0.3 is 14.7 Å². The van der Waals surface area contributed by atoms with Crippen molar-refractivity contribution in [3.8, 4) is 5.75 Å². The lowest BCUT2D eigenvalue weighted by molar-refractivity contribution is 0.131. The number of amidine groups is 1. The van der Waals surface area contributed by atoms with Gasteiger partial charge in [-0.3, -0.25) is 4.99 Å². The van der Waals surface area contributed by atoms with Gasteiger partial charge in [-0.05, 0) is 36.9 Å². The van der Waals surface area contributed by atoms with E-state index in [0.717, 1.165) is 32.9 Å². The molecule has 0 amide bonds. The summed E-state index contributed by atoms with van der Waals surface area (Å²) in [6.07, 6.45) is 2.63. The Morgan fingerprint density at radius 2 is 2.08 bits per heavy atom. The van der Waals surface area contributed by atoms with Crippen molar-refractivity contribution in [2.24, 2.45) is 4.99 Å². The van der Waals surface area contributed by atoms with E-state index >= 15 is 0 Å². The molecule has 2 atom stereocenters. The van der Waals surface area contributed by atoms with Gasteiger partial charge in [-0.15, -0.1) is 0 Å². The quantitative estimate of drug-likeness (QED) is 0.428. The number of nitrogens with zero attached hydrogens (tertiary/aromatic N) is 2. The first-order chi connectivity index (χ1) is 12.5. The predicted molar refractivity (Wildman–Crippen MR) is 112 cm³/mol. The molecule has 1 aliphatic rings. The summed E-state index contributed by atoms with van der Waals surface area (Å²) in [5, 5.41) is 10.3. The molecule has 26 heavy (non-hydrogen) atoms. The highest BCUT2D eigenvalue weighted by Crippen LogP contribution is 2.47. The molecule has 1 N–H and O–H groups in total. The number of rotatable bonds is 3. The van der Waals surface area contributed by atoms with Crippen LogP contribution in [0.15, 0.2) is 58.0 Å². The highest BCUT2D eigenvalue weighted by atomic mass is 79.9. The molecule has 138 valence electrons. The Kier molecular flexibility index (Phi) is 5.95. The highest BCUT2D eigenvalue weighted by Gasteiger charge is 2.39. The molecule has 0 aliphatic carbocycles. The van der Waals surface area contributed by atoms with Crippen LogP contribution in [0.5, 0.6) is 5.75 Å². The third-order valence-electron chi connectivity index (χ3n) is 4.61. The summed E-state index contributed by atoms with van der Waals surface area (Å²) in [4.78, 5) is 6.81. The molecule has 0 aromatic heterocycles. The van der Waals surface area contributed by atoms with E-state index in [0.29, 0.717) is 0 Å². The molecule has 0 bridgehead atoms. The molecule has 0 saturated heterocycles. The highest BCUT2D eigenvalue weighted by molar-refractivity contribution is 9.10. The maximum atomic E-state index is 9.52.